The van der Waals surface area contributed by atoms with Gasteiger partial charge in [-0.1, -0.05) is 72.8 Å². The third-order valence-electron chi connectivity index (χ3n) is 4.35. The molecule has 2 rings (SSSR count). The lowest BCUT2D eigenvalue weighted by Crippen LogP contribution is -2.15. The number of ether oxygens (including phenoxy) is 2. The molecule has 0 aliphatic rings. The van der Waals surface area contributed by atoms with Gasteiger partial charge in [0.2, 0.25) is 0 Å². The first-order valence-electron chi connectivity index (χ1n) is 10.2. The highest BCUT2D eigenvalue weighted by molar-refractivity contribution is 5.78. The summed E-state index contributed by atoms with van der Waals surface area (Å²) in [6, 6.07) is 19.3. The van der Waals surface area contributed by atoms with Crippen LogP contribution in [0.3, 0.4) is 0 Å². The van der Waals surface area contributed by atoms with Crippen LogP contribution in [0.15, 0.2) is 86.0 Å². The van der Waals surface area contributed by atoms with Crippen molar-refractivity contribution in [1.29, 1.82) is 0 Å². The maximum Gasteiger partial charge on any atom is 0.313 e. The number of carbonyl (C=O) groups excluding carboxylic acids is 2. The third kappa shape index (κ3) is 8.48. The summed E-state index contributed by atoms with van der Waals surface area (Å²) in [4.78, 5) is 23.3. The summed E-state index contributed by atoms with van der Waals surface area (Å²) < 4.78 is 10.0. The summed E-state index contributed by atoms with van der Waals surface area (Å²) in [6.07, 6.45) is 4.72. The highest BCUT2D eigenvalue weighted by atomic mass is 16.5. The van der Waals surface area contributed by atoms with Crippen molar-refractivity contribution in [2.45, 2.75) is 38.5 Å². The minimum atomic E-state index is -0.219. The summed E-state index contributed by atoms with van der Waals surface area (Å²) in [6.45, 7) is 11.8. The minimum absolute atomic E-state index is 0.177. The van der Waals surface area contributed by atoms with Gasteiger partial charge in [0, 0.05) is 0 Å². The van der Waals surface area contributed by atoms with Crippen molar-refractivity contribution in [2.24, 2.45) is 0 Å². The quantitative estimate of drug-likeness (QED) is 0.367. The molecule has 0 saturated carbocycles. The van der Waals surface area contributed by atoms with Crippen molar-refractivity contribution in [3.8, 4) is 0 Å². The molecule has 0 spiro atoms. The van der Waals surface area contributed by atoms with Crippen molar-refractivity contribution in [1.82, 2.24) is 0 Å². The van der Waals surface area contributed by atoms with Crippen LogP contribution in [0.2, 0.25) is 0 Å². The summed E-state index contributed by atoms with van der Waals surface area (Å²) in [7, 11) is 0. The Morgan fingerprint density at radius 1 is 0.733 bits per heavy atom. The van der Waals surface area contributed by atoms with Gasteiger partial charge in [-0.15, -0.1) is 13.2 Å². The maximum absolute atomic E-state index is 11.7. The third-order valence-corrected chi connectivity index (χ3v) is 4.35. The first-order chi connectivity index (χ1) is 14.6. The number of benzene rings is 2. The number of hydrogen-bond acceptors (Lipinski definition) is 4. The molecule has 0 bridgehead atoms. The molecular formula is C26H32O4. The van der Waals surface area contributed by atoms with Gasteiger partial charge in [-0.3, -0.25) is 9.59 Å². The summed E-state index contributed by atoms with van der Waals surface area (Å²) in [5.41, 5.74) is 1.96. The molecule has 4 heteroatoms. The maximum atomic E-state index is 11.7. The van der Waals surface area contributed by atoms with E-state index in [-0.39, 0.29) is 23.8 Å². The van der Waals surface area contributed by atoms with Gasteiger partial charge < -0.3 is 9.47 Å². The van der Waals surface area contributed by atoms with Gasteiger partial charge in [-0.25, -0.2) is 0 Å². The Labute approximate surface area is 180 Å². The Bertz CT molecular complexity index is 701. The standard InChI is InChI=1S/2C13H16O2/c2*1-3-8-12(13(14)15-4-2)11-9-6-5-7-10-11/h2*3,5-7,9-10,12H,1,4,8H2,2H3/t2*12-/m10/s1. The molecule has 0 saturated heterocycles. The van der Waals surface area contributed by atoms with E-state index in [0.29, 0.717) is 26.1 Å². The molecule has 0 amide bonds. The van der Waals surface area contributed by atoms with Gasteiger partial charge >= 0.3 is 11.9 Å². The number of hydrogen-bond donors (Lipinski definition) is 0. The van der Waals surface area contributed by atoms with E-state index in [9.17, 15) is 9.59 Å². The van der Waals surface area contributed by atoms with Gasteiger partial charge in [0.05, 0.1) is 25.0 Å². The van der Waals surface area contributed by atoms with Gasteiger partial charge in [-0.05, 0) is 37.8 Å². The second-order valence-corrected chi connectivity index (χ2v) is 6.48. The SMILES string of the molecule is C=CC[C@@H](C(=O)OCC)c1ccccc1.C=CC[C@H](C(=O)OCC)c1ccccc1. The van der Waals surface area contributed by atoms with Crippen molar-refractivity contribution < 1.29 is 19.1 Å². The van der Waals surface area contributed by atoms with E-state index in [1.165, 1.54) is 0 Å². The number of allylic oxidation sites excluding steroid dienone is 2. The molecule has 0 aromatic heterocycles. The van der Waals surface area contributed by atoms with E-state index in [2.05, 4.69) is 13.2 Å². The monoisotopic (exact) mass is 408 g/mol. The summed E-state index contributed by atoms with van der Waals surface area (Å²) in [5, 5.41) is 0. The zero-order chi connectivity index (χ0) is 22.2. The van der Waals surface area contributed by atoms with E-state index in [1.54, 1.807) is 12.2 Å². The van der Waals surface area contributed by atoms with Gasteiger partial charge in [0.1, 0.15) is 0 Å². The summed E-state index contributed by atoms with van der Waals surface area (Å²) in [5.74, 6) is -0.792. The largest absolute Gasteiger partial charge is 0.466 e. The molecular weight excluding hydrogens is 376 g/mol. The van der Waals surface area contributed by atoms with E-state index >= 15 is 0 Å². The van der Waals surface area contributed by atoms with Crippen LogP contribution >= 0.6 is 0 Å². The van der Waals surface area contributed by atoms with Gasteiger partial charge in [0.25, 0.3) is 0 Å². The molecule has 0 radical (unpaired) electrons. The first kappa shape index (κ1) is 24.9. The van der Waals surface area contributed by atoms with E-state index < -0.39 is 0 Å². The Morgan fingerprint density at radius 2 is 1.07 bits per heavy atom. The Balaban J connectivity index is 0.000000300. The van der Waals surface area contributed by atoms with E-state index in [4.69, 9.17) is 9.47 Å². The lowest BCUT2D eigenvalue weighted by Gasteiger charge is -2.13. The Kier molecular flexibility index (Phi) is 12.3. The minimum Gasteiger partial charge on any atom is -0.466 e. The lowest BCUT2D eigenvalue weighted by molar-refractivity contribution is -0.145. The fraction of sp³-hybridized carbons (Fsp3) is 0.308. The molecule has 0 fully saturated rings. The average molecular weight is 409 g/mol. The van der Waals surface area contributed by atoms with E-state index in [0.717, 1.165) is 11.1 Å². The highest BCUT2D eigenvalue weighted by Crippen LogP contribution is 2.22. The zero-order valence-electron chi connectivity index (χ0n) is 18.0. The molecule has 0 heterocycles. The topological polar surface area (TPSA) is 52.6 Å². The Hall–Kier alpha value is -3.14. The van der Waals surface area contributed by atoms with Crippen LogP contribution in [-0.2, 0) is 19.1 Å². The molecule has 0 aliphatic heterocycles. The van der Waals surface area contributed by atoms with Crippen molar-refractivity contribution >= 4 is 11.9 Å². The molecule has 2 aromatic carbocycles. The fourth-order valence-corrected chi connectivity index (χ4v) is 2.93. The molecule has 2 aromatic rings. The summed E-state index contributed by atoms with van der Waals surface area (Å²) >= 11 is 0. The second kappa shape index (κ2) is 14.8. The van der Waals surface area contributed by atoms with Crippen LogP contribution in [0.5, 0.6) is 0 Å². The van der Waals surface area contributed by atoms with Crippen LogP contribution < -0.4 is 0 Å². The van der Waals surface area contributed by atoms with Crippen LogP contribution in [0.4, 0.5) is 0 Å². The number of carbonyl (C=O) groups is 2. The van der Waals surface area contributed by atoms with Crippen LogP contribution in [0.25, 0.3) is 0 Å². The molecule has 2 atom stereocenters. The average Bonchev–Trinajstić information content (AvgIpc) is 2.77. The van der Waals surface area contributed by atoms with Crippen LogP contribution in [-0.4, -0.2) is 25.2 Å². The molecule has 0 unspecified atom stereocenters. The predicted molar refractivity (Wildman–Crippen MR) is 121 cm³/mol. The Morgan fingerprint density at radius 3 is 1.33 bits per heavy atom. The van der Waals surface area contributed by atoms with Crippen molar-refractivity contribution in [3.05, 3.63) is 97.1 Å². The molecule has 0 aliphatic carbocycles. The smallest absolute Gasteiger partial charge is 0.313 e. The normalized spacial score (nSPS) is 11.8. The van der Waals surface area contributed by atoms with E-state index in [1.807, 2.05) is 74.5 Å². The fourth-order valence-electron chi connectivity index (χ4n) is 2.93. The van der Waals surface area contributed by atoms with Gasteiger partial charge in [0.15, 0.2) is 0 Å². The molecule has 0 N–H and O–H groups in total. The molecule has 4 nitrogen and oxygen atoms in total. The molecule has 160 valence electrons. The van der Waals surface area contributed by atoms with Crippen molar-refractivity contribution in [2.75, 3.05) is 13.2 Å². The first-order valence-corrected chi connectivity index (χ1v) is 10.2. The van der Waals surface area contributed by atoms with Crippen molar-refractivity contribution in [3.63, 3.8) is 0 Å². The van der Waals surface area contributed by atoms with Gasteiger partial charge in [-0.2, -0.15) is 0 Å². The molecule has 30 heavy (non-hydrogen) atoms. The van der Waals surface area contributed by atoms with Crippen LogP contribution in [0.1, 0.15) is 49.7 Å². The number of esters is 2. The highest BCUT2D eigenvalue weighted by Gasteiger charge is 2.20. The second-order valence-electron chi connectivity index (χ2n) is 6.48. The van der Waals surface area contributed by atoms with Crippen LogP contribution in [0, 0.1) is 0 Å². The lowest BCUT2D eigenvalue weighted by atomic mass is 9.96. The number of rotatable bonds is 10. The predicted octanol–water partition coefficient (Wildman–Crippen LogP) is 5.82. The zero-order valence-corrected chi connectivity index (χ0v) is 18.0.